The van der Waals surface area contributed by atoms with E-state index in [2.05, 4.69) is 32.9 Å². The Balaban J connectivity index is 2.00. The Kier molecular flexibility index (Phi) is 9.91. The van der Waals surface area contributed by atoms with E-state index in [1.165, 1.54) is 5.56 Å². The van der Waals surface area contributed by atoms with Gasteiger partial charge in [-0.15, -0.1) is 0 Å². The second-order valence-corrected chi connectivity index (χ2v) is 7.05. The lowest BCUT2D eigenvalue weighted by Crippen LogP contribution is -2.17. The summed E-state index contributed by atoms with van der Waals surface area (Å²) >= 11 is 0. The van der Waals surface area contributed by atoms with Crippen LogP contribution in [0.5, 0.6) is 11.5 Å². The van der Waals surface area contributed by atoms with Crippen LogP contribution in [0, 0.1) is 0 Å². The van der Waals surface area contributed by atoms with E-state index >= 15 is 0 Å². The first kappa shape index (κ1) is 22.0. The summed E-state index contributed by atoms with van der Waals surface area (Å²) in [5, 5.41) is 0. The molecule has 0 fully saturated rings. The van der Waals surface area contributed by atoms with Crippen molar-refractivity contribution in [2.75, 3.05) is 66.1 Å². The van der Waals surface area contributed by atoms with Gasteiger partial charge >= 0.3 is 0 Å². The topological polar surface area (TPSA) is 55.4 Å². The summed E-state index contributed by atoms with van der Waals surface area (Å²) in [5.74, 6) is 1.48. The van der Waals surface area contributed by atoms with Gasteiger partial charge in [0, 0.05) is 0 Å². The van der Waals surface area contributed by atoms with E-state index in [9.17, 15) is 0 Å². The number of fused-ring (bicyclic) bond motifs is 1. The van der Waals surface area contributed by atoms with Crippen LogP contribution in [0.3, 0.4) is 0 Å². The average Bonchev–Trinajstić information content (AvgIpc) is 2.67. The molecule has 1 aliphatic heterocycles. The molecular formula is C21H34O6. The van der Waals surface area contributed by atoms with Crippen molar-refractivity contribution in [1.82, 2.24) is 0 Å². The minimum atomic E-state index is 0.0847. The summed E-state index contributed by atoms with van der Waals surface area (Å²) in [7, 11) is 0. The lowest BCUT2D eigenvalue weighted by molar-refractivity contribution is -0.00842. The summed E-state index contributed by atoms with van der Waals surface area (Å²) in [6.45, 7) is 11.9. The molecule has 1 heterocycles. The highest BCUT2D eigenvalue weighted by atomic mass is 16.6. The molecule has 0 saturated carbocycles. The molecule has 0 aliphatic carbocycles. The Morgan fingerprint density at radius 3 is 1.59 bits per heavy atom. The van der Waals surface area contributed by atoms with Gasteiger partial charge in [0.2, 0.25) is 0 Å². The first-order valence-corrected chi connectivity index (χ1v) is 9.84. The van der Waals surface area contributed by atoms with Crippen LogP contribution < -0.4 is 9.47 Å². The summed E-state index contributed by atoms with van der Waals surface area (Å²) in [4.78, 5) is 0. The highest BCUT2D eigenvalue weighted by molar-refractivity contribution is 5.45. The zero-order valence-corrected chi connectivity index (χ0v) is 17.0. The fraction of sp³-hybridized carbons (Fsp3) is 0.714. The summed E-state index contributed by atoms with van der Waals surface area (Å²) in [6, 6.07) is 6.17. The third kappa shape index (κ3) is 8.05. The van der Waals surface area contributed by atoms with Crippen LogP contribution in [0.1, 0.15) is 32.8 Å². The minimum absolute atomic E-state index is 0.0847. The van der Waals surface area contributed by atoms with Crippen LogP contribution in [0.2, 0.25) is 0 Å². The van der Waals surface area contributed by atoms with Crippen molar-refractivity contribution in [2.45, 2.75) is 32.6 Å². The zero-order valence-electron chi connectivity index (χ0n) is 17.0. The van der Waals surface area contributed by atoms with Crippen molar-refractivity contribution in [3.05, 3.63) is 23.8 Å². The monoisotopic (exact) mass is 382 g/mol. The first-order chi connectivity index (χ1) is 13.1. The maximum Gasteiger partial charge on any atom is 0.161 e. The molecule has 0 saturated heterocycles. The fourth-order valence-electron chi connectivity index (χ4n) is 2.55. The van der Waals surface area contributed by atoms with Crippen molar-refractivity contribution >= 4 is 0 Å². The summed E-state index contributed by atoms with van der Waals surface area (Å²) < 4.78 is 33.8. The van der Waals surface area contributed by atoms with Gasteiger partial charge in [0.25, 0.3) is 0 Å². The molecular weight excluding hydrogens is 348 g/mol. The fourth-order valence-corrected chi connectivity index (χ4v) is 2.55. The standard InChI is InChI=1S/C21H34O6/c1-4-21(2,3)18-5-6-19-20(17-18)27-16-14-25-12-10-23-8-7-22-9-11-24-13-15-26-19/h5-6,17H,4,7-16H2,1-3H3. The van der Waals surface area contributed by atoms with Crippen molar-refractivity contribution in [3.63, 3.8) is 0 Å². The van der Waals surface area contributed by atoms with E-state index in [0.717, 1.165) is 17.9 Å². The van der Waals surface area contributed by atoms with Gasteiger partial charge < -0.3 is 28.4 Å². The number of ether oxygens (including phenoxy) is 6. The van der Waals surface area contributed by atoms with E-state index in [1.54, 1.807) is 0 Å². The Morgan fingerprint density at radius 2 is 1.11 bits per heavy atom. The number of hydrogen-bond donors (Lipinski definition) is 0. The van der Waals surface area contributed by atoms with Crippen LogP contribution in [-0.2, 0) is 24.4 Å². The molecule has 0 atom stereocenters. The van der Waals surface area contributed by atoms with Gasteiger partial charge in [0.15, 0.2) is 11.5 Å². The molecule has 2 rings (SSSR count). The summed E-state index contributed by atoms with van der Waals surface area (Å²) in [5.41, 5.74) is 1.32. The predicted octanol–water partition coefficient (Wildman–Crippen LogP) is 3.21. The van der Waals surface area contributed by atoms with Crippen molar-refractivity contribution in [1.29, 1.82) is 0 Å². The molecule has 0 amide bonds. The molecule has 0 bridgehead atoms. The maximum absolute atomic E-state index is 5.96. The van der Waals surface area contributed by atoms with Gasteiger partial charge in [0.05, 0.1) is 52.9 Å². The highest BCUT2D eigenvalue weighted by Crippen LogP contribution is 2.35. The smallest absolute Gasteiger partial charge is 0.161 e. The molecule has 27 heavy (non-hydrogen) atoms. The molecule has 154 valence electrons. The van der Waals surface area contributed by atoms with E-state index in [-0.39, 0.29) is 5.41 Å². The second-order valence-electron chi connectivity index (χ2n) is 7.05. The van der Waals surface area contributed by atoms with Gasteiger partial charge in [-0.3, -0.25) is 0 Å². The molecule has 1 aliphatic rings. The van der Waals surface area contributed by atoms with Gasteiger partial charge in [-0.1, -0.05) is 26.8 Å². The highest BCUT2D eigenvalue weighted by Gasteiger charge is 2.20. The Labute approximate surface area is 163 Å². The number of hydrogen-bond acceptors (Lipinski definition) is 6. The van der Waals surface area contributed by atoms with E-state index in [1.807, 2.05) is 6.07 Å². The van der Waals surface area contributed by atoms with E-state index in [4.69, 9.17) is 28.4 Å². The lowest BCUT2D eigenvalue weighted by Gasteiger charge is -2.25. The van der Waals surface area contributed by atoms with Crippen LogP contribution in [-0.4, -0.2) is 66.1 Å². The van der Waals surface area contributed by atoms with Gasteiger partial charge in [-0.25, -0.2) is 0 Å². The van der Waals surface area contributed by atoms with Crippen LogP contribution >= 0.6 is 0 Å². The molecule has 6 heteroatoms. The number of rotatable bonds is 2. The lowest BCUT2D eigenvalue weighted by atomic mass is 9.82. The summed E-state index contributed by atoms with van der Waals surface area (Å²) in [6.07, 6.45) is 1.05. The predicted molar refractivity (Wildman–Crippen MR) is 104 cm³/mol. The molecule has 1 aromatic rings. The molecule has 0 aromatic heterocycles. The Morgan fingerprint density at radius 1 is 0.667 bits per heavy atom. The van der Waals surface area contributed by atoms with Gasteiger partial charge in [-0.05, 0) is 29.5 Å². The molecule has 6 nitrogen and oxygen atoms in total. The molecule has 0 radical (unpaired) electrons. The third-order valence-electron chi connectivity index (χ3n) is 4.70. The van der Waals surface area contributed by atoms with Crippen LogP contribution in [0.15, 0.2) is 18.2 Å². The van der Waals surface area contributed by atoms with Gasteiger partial charge in [0.1, 0.15) is 13.2 Å². The SMILES string of the molecule is CCC(C)(C)c1ccc2c(c1)OCCOCCOCCOCCOCCO2. The van der Waals surface area contributed by atoms with E-state index in [0.29, 0.717) is 66.1 Å². The maximum atomic E-state index is 5.96. The van der Waals surface area contributed by atoms with Crippen LogP contribution in [0.25, 0.3) is 0 Å². The minimum Gasteiger partial charge on any atom is -0.487 e. The molecule has 1 aromatic carbocycles. The van der Waals surface area contributed by atoms with Crippen LogP contribution in [0.4, 0.5) is 0 Å². The molecule has 0 unspecified atom stereocenters. The first-order valence-electron chi connectivity index (χ1n) is 9.84. The average molecular weight is 382 g/mol. The second kappa shape index (κ2) is 12.2. The Bertz CT molecular complexity index is 531. The van der Waals surface area contributed by atoms with Crippen molar-refractivity contribution in [2.24, 2.45) is 0 Å². The quantitative estimate of drug-likeness (QED) is 0.783. The van der Waals surface area contributed by atoms with Crippen molar-refractivity contribution in [3.8, 4) is 11.5 Å². The largest absolute Gasteiger partial charge is 0.487 e. The third-order valence-corrected chi connectivity index (χ3v) is 4.70. The number of benzene rings is 1. The van der Waals surface area contributed by atoms with E-state index < -0.39 is 0 Å². The zero-order chi connectivity index (χ0) is 19.4. The van der Waals surface area contributed by atoms with Crippen molar-refractivity contribution < 1.29 is 28.4 Å². The molecule has 0 spiro atoms. The normalized spacial score (nSPS) is 19.1. The Hall–Kier alpha value is -1.34. The van der Waals surface area contributed by atoms with Gasteiger partial charge in [-0.2, -0.15) is 0 Å². The molecule has 0 N–H and O–H groups in total.